The first-order valence-corrected chi connectivity index (χ1v) is 9.99. The van der Waals surface area contributed by atoms with Gasteiger partial charge in [-0.3, -0.25) is 4.99 Å². The lowest BCUT2D eigenvalue weighted by Crippen LogP contribution is -2.36. The van der Waals surface area contributed by atoms with E-state index in [-0.39, 0.29) is 30.1 Å². The van der Waals surface area contributed by atoms with Crippen molar-refractivity contribution in [2.45, 2.75) is 44.9 Å². The number of para-hydroxylation sites is 1. The van der Waals surface area contributed by atoms with E-state index in [0.29, 0.717) is 24.6 Å². The molecule has 7 heteroatoms. The summed E-state index contributed by atoms with van der Waals surface area (Å²) in [6.07, 6.45) is 4.88. The maximum atomic E-state index is 9.04. The zero-order valence-corrected chi connectivity index (χ0v) is 19.8. The van der Waals surface area contributed by atoms with Gasteiger partial charge in [-0.15, -0.1) is 24.0 Å². The Kier molecular flexibility index (Phi) is 9.74. The fraction of sp³-hybridized carbons (Fsp3) is 0.391. The number of nitriles is 1. The van der Waals surface area contributed by atoms with Gasteiger partial charge in [-0.1, -0.05) is 24.3 Å². The molecule has 160 valence electrons. The fourth-order valence-corrected chi connectivity index (χ4v) is 3.50. The summed E-state index contributed by atoms with van der Waals surface area (Å²) in [6.45, 7) is 1.15. The largest absolute Gasteiger partial charge is 0.493 e. The number of guanidine groups is 1. The molecule has 0 atom stereocenters. The first-order valence-electron chi connectivity index (χ1n) is 9.99. The number of hydrogen-bond donors (Lipinski definition) is 2. The molecule has 3 rings (SSSR count). The van der Waals surface area contributed by atoms with Crippen LogP contribution >= 0.6 is 24.0 Å². The summed E-state index contributed by atoms with van der Waals surface area (Å²) in [5.41, 5.74) is 2.71. The Morgan fingerprint density at radius 1 is 1.13 bits per heavy atom. The summed E-state index contributed by atoms with van der Waals surface area (Å²) in [5.74, 6) is 2.25. The fourth-order valence-electron chi connectivity index (χ4n) is 3.50. The van der Waals surface area contributed by atoms with Gasteiger partial charge in [0.1, 0.15) is 0 Å². The van der Waals surface area contributed by atoms with Crippen LogP contribution in [0.4, 0.5) is 0 Å². The maximum absolute atomic E-state index is 9.04. The number of nitrogens with zero attached hydrogens (tertiary/aromatic N) is 2. The molecule has 0 saturated heterocycles. The van der Waals surface area contributed by atoms with Crippen LogP contribution in [0.25, 0.3) is 0 Å². The van der Waals surface area contributed by atoms with Gasteiger partial charge in [0.15, 0.2) is 17.5 Å². The molecule has 0 unspecified atom stereocenters. The van der Waals surface area contributed by atoms with Crippen molar-refractivity contribution in [2.75, 3.05) is 14.2 Å². The average Bonchev–Trinajstić information content (AvgIpc) is 3.28. The molecule has 1 aliphatic carbocycles. The lowest BCUT2D eigenvalue weighted by Gasteiger charge is -2.20. The Balaban J connectivity index is 0.00000320. The van der Waals surface area contributed by atoms with E-state index in [9.17, 15) is 0 Å². The summed E-state index contributed by atoms with van der Waals surface area (Å²) < 4.78 is 11.8. The Bertz CT molecular complexity index is 889. The van der Waals surface area contributed by atoms with Gasteiger partial charge in [-0.25, -0.2) is 0 Å². The molecule has 30 heavy (non-hydrogen) atoms. The minimum atomic E-state index is 0. The van der Waals surface area contributed by atoms with Crippen molar-refractivity contribution in [1.82, 2.24) is 10.6 Å². The van der Waals surface area contributed by atoms with Crippen molar-refractivity contribution < 1.29 is 9.47 Å². The third-order valence-corrected chi connectivity index (χ3v) is 5.05. The number of aliphatic imine (C=N–C) groups is 1. The lowest BCUT2D eigenvalue weighted by molar-refractivity contribution is 0.198. The Morgan fingerprint density at radius 2 is 1.87 bits per heavy atom. The summed E-state index contributed by atoms with van der Waals surface area (Å²) >= 11 is 0. The van der Waals surface area contributed by atoms with Gasteiger partial charge >= 0.3 is 0 Å². The number of halogens is 1. The topological polar surface area (TPSA) is 78.7 Å². The standard InChI is InChI=1S/C23H28N4O2.HI/c1-25-23(26-15-18-8-5-7-17(13-18)14-24)27-16-19-9-6-12-21(28-2)22(19)29-20-10-3-4-11-20;/h5-9,12-13,20H,3-4,10-11,15-16H2,1-2H3,(H2,25,26,27);1H. The number of methoxy groups -OCH3 is 1. The van der Waals surface area contributed by atoms with Gasteiger partial charge < -0.3 is 20.1 Å². The van der Waals surface area contributed by atoms with Crippen LogP contribution in [0.2, 0.25) is 0 Å². The van der Waals surface area contributed by atoms with E-state index in [1.165, 1.54) is 12.8 Å². The van der Waals surface area contributed by atoms with E-state index in [0.717, 1.165) is 35.5 Å². The normalized spacial score (nSPS) is 13.8. The molecule has 2 aromatic carbocycles. The smallest absolute Gasteiger partial charge is 0.191 e. The van der Waals surface area contributed by atoms with Crippen molar-refractivity contribution >= 4 is 29.9 Å². The second-order valence-corrected chi connectivity index (χ2v) is 7.06. The minimum absolute atomic E-state index is 0. The highest BCUT2D eigenvalue weighted by molar-refractivity contribution is 14.0. The summed E-state index contributed by atoms with van der Waals surface area (Å²) in [7, 11) is 3.41. The van der Waals surface area contributed by atoms with Crippen LogP contribution in [0.15, 0.2) is 47.5 Å². The van der Waals surface area contributed by atoms with Crippen LogP contribution in [0.3, 0.4) is 0 Å². The molecule has 0 bridgehead atoms. The number of hydrogen-bond acceptors (Lipinski definition) is 4. The van der Waals surface area contributed by atoms with Crippen LogP contribution in [-0.4, -0.2) is 26.2 Å². The van der Waals surface area contributed by atoms with Crippen molar-refractivity contribution in [1.29, 1.82) is 5.26 Å². The predicted molar refractivity (Wildman–Crippen MR) is 129 cm³/mol. The predicted octanol–water partition coefficient (Wildman–Crippen LogP) is 4.37. The molecule has 0 amide bonds. The molecule has 1 aliphatic rings. The monoisotopic (exact) mass is 520 g/mol. The van der Waals surface area contributed by atoms with Crippen molar-refractivity contribution in [3.8, 4) is 17.6 Å². The highest BCUT2D eigenvalue weighted by Crippen LogP contribution is 2.34. The van der Waals surface area contributed by atoms with Crippen LogP contribution in [0, 0.1) is 11.3 Å². The number of ether oxygens (including phenoxy) is 2. The summed E-state index contributed by atoms with van der Waals surface area (Å²) in [4.78, 5) is 4.29. The van der Waals surface area contributed by atoms with Gasteiger partial charge in [0, 0.05) is 25.7 Å². The van der Waals surface area contributed by atoms with Crippen molar-refractivity contribution in [3.63, 3.8) is 0 Å². The molecule has 0 spiro atoms. The van der Waals surface area contributed by atoms with Crippen LogP contribution in [0.1, 0.15) is 42.4 Å². The molecule has 0 radical (unpaired) electrons. The van der Waals surface area contributed by atoms with Gasteiger partial charge in [-0.2, -0.15) is 5.26 Å². The van der Waals surface area contributed by atoms with E-state index in [4.69, 9.17) is 14.7 Å². The van der Waals surface area contributed by atoms with Gasteiger partial charge in [0.25, 0.3) is 0 Å². The molecule has 2 aromatic rings. The zero-order valence-electron chi connectivity index (χ0n) is 17.5. The van der Waals surface area contributed by atoms with Crippen molar-refractivity contribution in [3.05, 3.63) is 59.2 Å². The molecular formula is C23H29IN4O2. The number of nitrogens with one attached hydrogen (secondary N) is 2. The molecular weight excluding hydrogens is 491 g/mol. The molecule has 0 heterocycles. The third-order valence-electron chi connectivity index (χ3n) is 5.05. The van der Waals surface area contributed by atoms with Crippen molar-refractivity contribution in [2.24, 2.45) is 4.99 Å². The first kappa shape index (κ1) is 23.8. The third kappa shape index (κ3) is 6.52. The maximum Gasteiger partial charge on any atom is 0.191 e. The highest BCUT2D eigenvalue weighted by Gasteiger charge is 2.20. The lowest BCUT2D eigenvalue weighted by atomic mass is 10.1. The van der Waals surface area contributed by atoms with Gasteiger partial charge in [0.2, 0.25) is 0 Å². The SMILES string of the molecule is CN=C(NCc1cccc(C#N)c1)NCc1cccc(OC)c1OC1CCCC1.I. The molecule has 1 saturated carbocycles. The minimum Gasteiger partial charge on any atom is -0.493 e. The van der Waals surface area contributed by atoms with Gasteiger partial charge in [0.05, 0.1) is 24.8 Å². The Hall–Kier alpha value is -2.47. The molecule has 0 aromatic heterocycles. The van der Waals surface area contributed by atoms with E-state index >= 15 is 0 Å². The number of benzene rings is 2. The Morgan fingerprint density at radius 3 is 2.57 bits per heavy atom. The van der Waals surface area contributed by atoms with Crippen LogP contribution in [0.5, 0.6) is 11.5 Å². The van der Waals surface area contributed by atoms with Gasteiger partial charge in [-0.05, 0) is 49.4 Å². The molecule has 0 aliphatic heterocycles. The van der Waals surface area contributed by atoms with E-state index in [1.807, 2.05) is 36.4 Å². The molecule has 2 N–H and O–H groups in total. The molecule has 1 fully saturated rings. The Labute approximate surface area is 195 Å². The summed E-state index contributed by atoms with van der Waals surface area (Å²) in [5, 5.41) is 15.7. The van der Waals surface area contributed by atoms with E-state index in [1.54, 1.807) is 20.2 Å². The number of rotatable bonds is 7. The second kappa shape index (κ2) is 12.3. The van der Waals surface area contributed by atoms with E-state index < -0.39 is 0 Å². The second-order valence-electron chi connectivity index (χ2n) is 7.06. The van der Waals surface area contributed by atoms with E-state index in [2.05, 4.69) is 21.7 Å². The van der Waals surface area contributed by atoms with Crippen LogP contribution in [-0.2, 0) is 13.1 Å². The summed E-state index contributed by atoms with van der Waals surface area (Å²) in [6, 6.07) is 15.6. The average molecular weight is 520 g/mol. The zero-order chi connectivity index (χ0) is 20.5. The molecule has 6 nitrogen and oxygen atoms in total. The quantitative estimate of drug-likeness (QED) is 0.322. The van der Waals surface area contributed by atoms with Crippen LogP contribution < -0.4 is 20.1 Å². The highest BCUT2D eigenvalue weighted by atomic mass is 127. The first-order chi connectivity index (χ1) is 14.2.